The van der Waals surface area contributed by atoms with Crippen LogP contribution in [0.2, 0.25) is 0 Å². The number of H-pyrrole nitrogens is 3. The SMILES string of the molecule is C1=NNNC1.CC.CC.CC.CC.CC.CC.CC.CC.CC.CC.CC.CC.CC.CC.CC.CC.CC.CC.CC.CC.CC.CC.CC(C)C.CC(C)C.CC(C)C.CC(C)C.CC(C)C.CC(C)C.CC(C)C.CC(C)C.CC(C)C.CC(C)C.CC(C)C.c1c[nH]cn1.c1ccccc1.c1ccncc1.c1ccnnc1.c1cn[nH]c1.c1cnccn1.c1cncnc1.c1cnncn1.c1nc[nH]n1.c1ncncn1. The summed E-state index contributed by atoms with van der Waals surface area (Å²) in [5.74, 6) is 9.17. The topological polar surface area (TPSA) is 303 Å². The average molecular weight is 2140 g/mol. The molecule has 910 valence electrons. The lowest BCUT2D eigenvalue weighted by Crippen LogP contribution is -2.19. The summed E-state index contributed by atoms with van der Waals surface area (Å²) in [4.78, 5) is 42.8. The van der Waals surface area contributed by atoms with Gasteiger partial charge in [-0.3, -0.25) is 25.1 Å². The first-order valence-corrected chi connectivity index (χ1v) is 58.8. The van der Waals surface area contributed by atoms with Crippen molar-refractivity contribution in [2.45, 2.75) is 533 Å². The van der Waals surface area contributed by atoms with Crippen molar-refractivity contribution >= 4 is 6.21 Å². The van der Waals surface area contributed by atoms with Crippen LogP contribution in [0.15, 0.2) is 234 Å². The van der Waals surface area contributed by atoms with Crippen LogP contribution >= 0.6 is 0 Å². The molecule has 0 saturated carbocycles. The van der Waals surface area contributed by atoms with Gasteiger partial charge in [-0.2, -0.15) is 30.6 Å². The van der Waals surface area contributed by atoms with Crippen LogP contribution in [0.1, 0.15) is 533 Å². The zero-order chi connectivity index (χ0) is 127. The molecule has 0 spiro atoms. The van der Waals surface area contributed by atoms with Gasteiger partial charge in [0, 0.05) is 99.2 Å². The van der Waals surface area contributed by atoms with Gasteiger partial charge in [-0.05, 0) is 101 Å². The molecule has 5 N–H and O–H groups in total. The van der Waals surface area contributed by atoms with E-state index in [1.165, 1.54) is 50.5 Å². The van der Waals surface area contributed by atoms with E-state index in [1.807, 2.05) is 377 Å². The minimum absolute atomic E-state index is 0.833. The number of hydrogen-bond donors (Lipinski definition) is 5. The van der Waals surface area contributed by atoms with E-state index in [9.17, 15) is 0 Å². The van der Waals surface area contributed by atoms with Gasteiger partial charge in [-0.15, -0.1) is 5.10 Å². The highest BCUT2D eigenvalue weighted by Crippen LogP contribution is 1.87. The number of hydrogen-bond acceptors (Lipinski definition) is 20. The van der Waals surface area contributed by atoms with E-state index in [1.54, 1.807) is 112 Å². The number of aromatic nitrogens is 20. The van der Waals surface area contributed by atoms with E-state index in [2.05, 4.69) is 345 Å². The Morgan fingerprint density at radius 3 is 0.460 bits per heavy atom. The molecule has 23 nitrogen and oxygen atoms in total. The molecular formula is C127H287N23. The van der Waals surface area contributed by atoms with Crippen molar-refractivity contribution in [3.8, 4) is 0 Å². The number of imidazole rings is 1. The van der Waals surface area contributed by atoms with E-state index in [0.29, 0.717) is 0 Å². The zero-order valence-corrected chi connectivity index (χ0v) is 117. The summed E-state index contributed by atoms with van der Waals surface area (Å²) in [6.45, 7) is 160. The maximum atomic E-state index is 3.78. The van der Waals surface area contributed by atoms with Gasteiger partial charge in [0.2, 0.25) is 0 Å². The lowest BCUT2D eigenvalue weighted by atomic mass is 10.3. The van der Waals surface area contributed by atoms with Gasteiger partial charge >= 0.3 is 0 Å². The summed E-state index contributed by atoms with van der Waals surface area (Å²) >= 11 is 0. The van der Waals surface area contributed by atoms with E-state index in [4.69, 9.17) is 0 Å². The molecule has 0 unspecified atom stereocenters. The molecule has 0 saturated heterocycles. The molecule has 0 aliphatic carbocycles. The van der Waals surface area contributed by atoms with Crippen LogP contribution in [0.4, 0.5) is 0 Å². The Morgan fingerprint density at radius 1 is 0.160 bits per heavy atom. The molecule has 0 radical (unpaired) electrons. The zero-order valence-electron chi connectivity index (χ0n) is 117. The smallest absolute Gasteiger partial charge is 0.138 e. The minimum atomic E-state index is 0.833. The van der Waals surface area contributed by atoms with Crippen molar-refractivity contribution in [3.05, 3.63) is 229 Å². The fourth-order valence-electron chi connectivity index (χ4n) is 2.69. The number of aromatic amines is 3. The number of pyridine rings is 1. The predicted molar refractivity (Wildman–Crippen MR) is 705 cm³/mol. The Balaban J connectivity index is -0.0000000304. The second-order valence-corrected chi connectivity index (χ2v) is 28.5. The molecule has 0 fully saturated rings. The number of nitrogens with one attached hydrogen (secondary N) is 5. The van der Waals surface area contributed by atoms with Crippen molar-refractivity contribution in [2.75, 3.05) is 6.54 Å². The second-order valence-electron chi connectivity index (χ2n) is 28.5. The molecule has 10 heterocycles. The summed E-state index contributed by atoms with van der Waals surface area (Å²) in [5.41, 5.74) is 5.29. The Labute approximate surface area is 950 Å². The maximum Gasteiger partial charge on any atom is 0.138 e. The van der Waals surface area contributed by atoms with Crippen LogP contribution < -0.4 is 11.0 Å². The first-order valence-electron chi connectivity index (χ1n) is 58.8. The third-order valence-electron chi connectivity index (χ3n) is 5.05. The van der Waals surface area contributed by atoms with Gasteiger partial charge < -0.3 is 4.98 Å². The molecule has 10 aromatic rings. The van der Waals surface area contributed by atoms with E-state index >= 15 is 0 Å². The van der Waals surface area contributed by atoms with Crippen LogP contribution in [0.25, 0.3) is 0 Å². The molecule has 0 amide bonds. The Kier molecular flexibility index (Phi) is 577. The highest BCUT2D eigenvalue weighted by atomic mass is 15.6. The highest BCUT2D eigenvalue weighted by Gasteiger charge is 1.80. The van der Waals surface area contributed by atoms with E-state index < -0.39 is 0 Å². The summed E-state index contributed by atoms with van der Waals surface area (Å²) in [5, 5.41) is 29.8. The Morgan fingerprint density at radius 2 is 0.387 bits per heavy atom. The number of nitrogens with zero attached hydrogens (tertiary/aromatic N) is 18. The fraction of sp³-hybridized carbons (Fsp3) is 0.701. The van der Waals surface area contributed by atoms with Crippen LogP contribution in [0.3, 0.4) is 0 Å². The van der Waals surface area contributed by atoms with Crippen LogP contribution in [-0.4, -0.2) is 113 Å². The molecule has 0 atom stereocenters. The number of benzene rings is 1. The largest absolute Gasteiger partial charge is 0.351 e. The molecular weight excluding hydrogens is 1850 g/mol. The maximum absolute atomic E-state index is 3.78. The second kappa shape index (κ2) is 366. The summed E-state index contributed by atoms with van der Waals surface area (Å²) in [6.07, 6.45) is 40.3. The molecule has 0 bridgehead atoms. The molecule has 1 aromatic carbocycles. The fourth-order valence-corrected chi connectivity index (χ4v) is 2.69. The summed E-state index contributed by atoms with van der Waals surface area (Å²) in [6, 6.07) is 25.0. The molecule has 1 aliphatic heterocycles. The lowest BCUT2D eigenvalue weighted by Gasteiger charge is -1.81. The lowest BCUT2D eigenvalue weighted by molar-refractivity contribution is 0.653. The molecule has 1 aliphatic rings. The quantitative estimate of drug-likeness (QED) is 0.0942. The van der Waals surface area contributed by atoms with Crippen molar-refractivity contribution in [1.29, 1.82) is 0 Å². The standard InChI is InChI=1S/C6H6.C5H5N.3C4H4N2.11C4H10.2C3H3N3.2C3H4N2.C2H3N3.C2H5N3.22C2H6/c2*1-2-4-6-5-3-1;1-2-6-4-3-5-1;1-2-5-4-6-3-1;1-2-4-6-5-3-1;11*1-4(2)3;1-4-2-6-3-5-1;1-2-5-6-3-4-1;1-2-5-3-4-1;1-2-4-5-3-1;1-3-2-5-4-1;1-2-4-5-3-1;22*1-2/h1-6H;1-5H;3*1-4H;11*4H,1-3H3;2*1-3H;2*1-3H,(H,4,5);1-2H,(H,3,4,5);1,4-5H,2H2;22*1-2H3. The van der Waals surface area contributed by atoms with Crippen LogP contribution in [-0.2, 0) is 0 Å². The van der Waals surface area contributed by atoms with Crippen molar-refractivity contribution in [2.24, 2.45) is 70.2 Å². The monoisotopic (exact) mass is 2140 g/mol. The van der Waals surface area contributed by atoms with Crippen molar-refractivity contribution in [1.82, 2.24) is 112 Å². The third-order valence-corrected chi connectivity index (χ3v) is 5.05. The number of hydrazine groups is 1. The average Bonchev–Trinajstić information content (AvgIpc) is 1.98. The van der Waals surface area contributed by atoms with Gasteiger partial charge in [0.15, 0.2) is 0 Å². The summed E-state index contributed by atoms with van der Waals surface area (Å²) in [7, 11) is 0. The Bertz CT molecular complexity index is 1940. The minimum Gasteiger partial charge on any atom is -0.351 e. The third kappa shape index (κ3) is 948. The molecule has 150 heavy (non-hydrogen) atoms. The van der Waals surface area contributed by atoms with Crippen LogP contribution in [0.5, 0.6) is 0 Å². The molecule has 23 heteroatoms. The normalized spacial score (nSPS) is 7.20. The van der Waals surface area contributed by atoms with E-state index in [0.717, 1.165) is 71.6 Å². The first-order chi connectivity index (χ1) is 72.1. The Hall–Kier alpha value is -9.38. The van der Waals surface area contributed by atoms with E-state index in [-0.39, 0.29) is 0 Å². The molecule has 9 aromatic heterocycles. The first kappa shape index (κ1) is 237. The van der Waals surface area contributed by atoms with Gasteiger partial charge in [0.05, 0.1) is 19.1 Å². The molecule has 11 rings (SSSR count). The van der Waals surface area contributed by atoms with Crippen LogP contribution in [0, 0.1) is 65.1 Å². The summed E-state index contributed by atoms with van der Waals surface area (Å²) < 4.78 is 0. The number of rotatable bonds is 0. The van der Waals surface area contributed by atoms with Gasteiger partial charge in [-0.1, -0.05) is 576 Å². The predicted octanol–water partition coefficient (Wildman–Crippen LogP) is 44.5. The van der Waals surface area contributed by atoms with Gasteiger partial charge in [0.1, 0.15) is 44.3 Å². The van der Waals surface area contributed by atoms with Gasteiger partial charge in [-0.25, -0.2) is 50.8 Å². The van der Waals surface area contributed by atoms with Crippen molar-refractivity contribution in [3.63, 3.8) is 0 Å². The number of hydrazone groups is 1. The van der Waals surface area contributed by atoms with Gasteiger partial charge in [0.25, 0.3) is 0 Å². The highest BCUT2D eigenvalue weighted by molar-refractivity contribution is 5.60. The van der Waals surface area contributed by atoms with Crippen molar-refractivity contribution < 1.29 is 0 Å².